The van der Waals surface area contributed by atoms with E-state index in [1.54, 1.807) is 13.3 Å². The van der Waals surface area contributed by atoms with E-state index in [2.05, 4.69) is 31.7 Å². The molecule has 0 spiro atoms. The zero-order valence-electron chi connectivity index (χ0n) is 15.8. The Morgan fingerprint density at radius 3 is 2.78 bits per heavy atom. The standard InChI is InChI=1S/C21H22N4O2/c1-25(2)13-6-14-27-21-19(23-20-18(24-21)9-5-12-22-20)11-10-16-7-4-8-17(15-16)26-3/h4-5,7-9,12,15H,6,13-14H2,1-3H3. The highest BCUT2D eigenvalue weighted by atomic mass is 16.5. The van der Waals surface area contributed by atoms with E-state index >= 15 is 0 Å². The third-order valence-corrected chi connectivity index (χ3v) is 3.79. The fourth-order valence-electron chi connectivity index (χ4n) is 2.44. The van der Waals surface area contributed by atoms with Crippen LogP contribution in [0.15, 0.2) is 42.6 Å². The summed E-state index contributed by atoms with van der Waals surface area (Å²) >= 11 is 0. The lowest BCUT2D eigenvalue weighted by Crippen LogP contribution is -2.16. The van der Waals surface area contributed by atoms with E-state index in [9.17, 15) is 0 Å². The number of methoxy groups -OCH3 is 1. The van der Waals surface area contributed by atoms with Crippen LogP contribution in [-0.2, 0) is 0 Å². The third kappa shape index (κ3) is 5.16. The van der Waals surface area contributed by atoms with E-state index in [1.165, 1.54) is 0 Å². The van der Waals surface area contributed by atoms with Crippen LogP contribution >= 0.6 is 0 Å². The van der Waals surface area contributed by atoms with Crippen LogP contribution < -0.4 is 9.47 Å². The molecule has 27 heavy (non-hydrogen) atoms. The monoisotopic (exact) mass is 362 g/mol. The Labute approximate surface area is 159 Å². The van der Waals surface area contributed by atoms with Crippen molar-refractivity contribution in [3.63, 3.8) is 0 Å². The van der Waals surface area contributed by atoms with Gasteiger partial charge in [0.1, 0.15) is 11.3 Å². The first-order chi connectivity index (χ1) is 13.2. The summed E-state index contributed by atoms with van der Waals surface area (Å²) in [5.41, 5.74) is 2.55. The van der Waals surface area contributed by atoms with Crippen molar-refractivity contribution in [1.82, 2.24) is 19.9 Å². The SMILES string of the molecule is COc1cccc(C#Cc2nc3ncccc3nc2OCCCN(C)C)c1. The van der Waals surface area contributed by atoms with E-state index in [-0.39, 0.29) is 0 Å². The van der Waals surface area contributed by atoms with Crippen LogP contribution in [0.2, 0.25) is 0 Å². The molecule has 0 bridgehead atoms. The number of pyridine rings is 1. The van der Waals surface area contributed by atoms with Crippen molar-refractivity contribution in [2.45, 2.75) is 6.42 Å². The number of ether oxygens (including phenoxy) is 2. The smallest absolute Gasteiger partial charge is 0.249 e. The van der Waals surface area contributed by atoms with Crippen LogP contribution in [0.5, 0.6) is 11.6 Å². The predicted molar refractivity (Wildman–Crippen MR) is 105 cm³/mol. The van der Waals surface area contributed by atoms with E-state index in [4.69, 9.17) is 9.47 Å². The van der Waals surface area contributed by atoms with Gasteiger partial charge in [0.15, 0.2) is 11.3 Å². The van der Waals surface area contributed by atoms with Crippen LogP contribution in [0.25, 0.3) is 11.2 Å². The molecule has 0 saturated carbocycles. The molecule has 0 aliphatic carbocycles. The summed E-state index contributed by atoms with van der Waals surface area (Å²) < 4.78 is 11.1. The number of fused-ring (bicyclic) bond motifs is 1. The summed E-state index contributed by atoms with van der Waals surface area (Å²) in [6, 6.07) is 11.3. The van der Waals surface area contributed by atoms with Gasteiger partial charge >= 0.3 is 0 Å². The van der Waals surface area contributed by atoms with Gasteiger partial charge in [-0.3, -0.25) is 0 Å². The molecule has 6 heteroatoms. The molecule has 0 saturated heterocycles. The summed E-state index contributed by atoms with van der Waals surface area (Å²) in [6.07, 6.45) is 2.58. The van der Waals surface area contributed by atoms with Gasteiger partial charge in [0.2, 0.25) is 5.88 Å². The van der Waals surface area contributed by atoms with Crippen LogP contribution in [0.3, 0.4) is 0 Å². The second kappa shape index (κ2) is 8.97. The largest absolute Gasteiger partial charge is 0.497 e. The van der Waals surface area contributed by atoms with Gasteiger partial charge in [0.25, 0.3) is 0 Å². The highest BCUT2D eigenvalue weighted by Gasteiger charge is 2.09. The minimum Gasteiger partial charge on any atom is -0.497 e. The number of aromatic nitrogens is 3. The minimum absolute atomic E-state index is 0.435. The van der Waals surface area contributed by atoms with Crippen LogP contribution in [0.4, 0.5) is 0 Å². The van der Waals surface area contributed by atoms with Gasteiger partial charge < -0.3 is 14.4 Å². The quantitative estimate of drug-likeness (QED) is 0.496. The minimum atomic E-state index is 0.435. The fourth-order valence-corrected chi connectivity index (χ4v) is 2.44. The first-order valence-corrected chi connectivity index (χ1v) is 8.72. The first kappa shape index (κ1) is 18.6. The van der Waals surface area contributed by atoms with Crippen LogP contribution in [0.1, 0.15) is 17.7 Å². The molecule has 3 aromatic rings. The Morgan fingerprint density at radius 2 is 1.96 bits per heavy atom. The summed E-state index contributed by atoms with van der Waals surface area (Å²) in [4.78, 5) is 15.5. The van der Waals surface area contributed by atoms with Crippen molar-refractivity contribution >= 4 is 11.2 Å². The number of rotatable bonds is 6. The van der Waals surface area contributed by atoms with Crippen molar-refractivity contribution < 1.29 is 9.47 Å². The molecule has 2 heterocycles. The summed E-state index contributed by atoms with van der Waals surface area (Å²) in [5.74, 6) is 7.36. The maximum absolute atomic E-state index is 5.87. The Balaban J connectivity index is 1.89. The molecular weight excluding hydrogens is 340 g/mol. The van der Waals surface area contributed by atoms with Gasteiger partial charge in [-0.05, 0) is 56.8 Å². The third-order valence-electron chi connectivity index (χ3n) is 3.79. The zero-order valence-corrected chi connectivity index (χ0v) is 15.8. The van der Waals surface area contributed by atoms with Gasteiger partial charge in [0, 0.05) is 18.3 Å². The number of hydrogen-bond donors (Lipinski definition) is 0. The number of benzene rings is 1. The molecule has 3 rings (SSSR count). The molecule has 0 atom stereocenters. The summed E-state index contributed by atoms with van der Waals surface area (Å²) in [7, 11) is 5.70. The number of hydrogen-bond acceptors (Lipinski definition) is 6. The normalized spacial score (nSPS) is 10.5. The molecule has 1 aromatic carbocycles. The average Bonchev–Trinajstić information content (AvgIpc) is 2.69. The van der Waals surface area contributed by atoms with Gasteiger partial charge in [-0.25, -0.2) is 15.0 Å². The van der Waals surface area contributed by atoms with Gasteiger partial charge in [-0.1, -0.05) is 12.0 Å². The summed E-state index contributed by atoms with van der Waals surface area (Å²) in [6.45, 7) is 1.49. The van der Waals surface area contributed by atoms with Gasteiger partial charge in [0.05, 0.1) is 13.7 Å². The van der Waals surface area contributed by atoms with Crippen molar-refractivity contribution in [2.75, 3.05) is 34.4 Å². The maximum atomic E-state index is 5.87. The second-order valence-corrected chi connectivity index (χ2v) is 6.21. The first-order valence-electron chi connectivity index (χ1n) is 8.72. The lowest BCUT2D eigenvalue weighted by Gasteiger charge is -2.11. The number of nitrogens with zero attached hydrogens (tertiary/aromatic N) is 4. The molecule has 0 amide bonds. The van der Waals surface area contributed by atoms with E-state index in [1.807, 2.05) is 50.5 Å². The second-order valence-electron chi connectivity index (χ2n) is 6.21. The van der Waals surface area contributed by atoms with Crippen LogP contribution in [0, 0.1) is 11.8 Å². The van der Waals surface area contributed by atoms with Crippen molar-refractivity contribution in [3.8, 4) is 23.5 Å². The molecule has 0 aliphatic rings. The highest BCUT2D eigenvalue weighted by molar-refractivity contribution is 5.71. The molecule has 2 aromatic heterocycles. The molecule has 138 valence electrons. The Bertz CT molecular complexity index is 977. The molecule has 0 N–H and O–H groups in total. The molecule has 0 fully saturated rings. The maximum Gasteiger partial charge on any atom is 0.249 e. The molecular formula is C21H22N4O2. The molecule has 0 unspecified atom stereocenters. The molecule has 6 nitrogen and oxygen atoms in total. The average molecular weight is 362 g/mol. The fraction of sp³-hybridized carbons (Fsp3) is 0.286. The van der Waals surface area contributed by atoms with Crippen LogP contribution in [-0.4, -0.2) is 54.2 Å². The van der Waals surface area contributed by atoms with Crippen molar-refractivity contribution in [2.24, 2.45) is 0 Å². The zero-order chi connectivity index (χ0) is 19.1. The topological polar surface area (TPSA) is 60.4 Å². The molecule has 0 radical (unpaired) electrons. The van der Waals surface area contributed by atoms with E-state index < -0.39 is 0 Å². The lowest BCUT2D eigenvalue weighted by atomic mass is 10.2. The predicted octanol–water partition coefficient (Wildman–Crippen LogP) is 2.76. The Hall–Kier alpha value is -3.17. The Kier molecular flexibility index (Phi) is 6.18. The van der Waals surface area contributed by atoms with E-state index in [0.29, 0.717) is 29.3 Å². The lowest BCUT2D eigenvalue weighted by molar-refractivity contribution is 0.272. The Morgan fingerprint density at radius 1 is 1.07 bits per heavy atom. The van der Waals surface area contributed by atoms with Crippen molar-refractivity contribution in [3.05, 3.63) is 53.9 Å². The van der Waals surface area contributed by atoms with Gasteiger partial charge in [-0.2, -0.15) is 0 Å². The molecule has 0 aliphatic heterocycles. The van der Waals surface area contributed by atoms with E-state index in [0.717, 1.165) is 24.3 Å². The van der Waals surface area contributed by atoms with Gasteiger partial charge in [-0.15, -0.1) is 0 Å². The highest BCUT2D eigenvalue weighted by Crippen LogP contribution is 2.18. The van der Waals surface area contributed by atoms with Crippen molar-refractivity contribution in [1.29, 1.82) is 0 Å². The summed E-state index contributed by atoms with van der Waals surface area (Å²) in [5, 5.41) is 0.